The number of alkyl halides is 1. The predicted octanol–water partition coefficient (Wildman–Crippen LogP) is 4.21. The van der Waals surface area contributed by atoms with Gasteiger partial charge in [0.05, 0.1) is 25.4 Å². The van der Waals surface area contributed by atoms with Crippen LogP contribution in [0.25, 0.3) is 11.2 Å². The first-order chi connectivity index (χ1) is 19.5. The van der Waals surface area contributed by atoms with E-state index in [1.54, 1.807) is 17.6 Å². The van der Waals surface area contributed by atoms with E-state index in [2.05, 4.69) is 112 Å². The Kier molecular flexibility index (Phi) is 8.33. The standard InChI is InChI=1S/C30H37BrN6O3Si/c1-20-24(31)23(40-28(20)37-19-32-25-26(37)34-29(35-27(25)38)33-18-36(5)6)17-39-41(30(2,3)4,21-13-9-7-10-14-21)22-15-11-8-12-16-22/h7-16,18-20,23-24,28H,17H2,1-6H3,(H,34,35,38)/b33-18-/t20?,23-,24-,28-/m1/s1. The lowest BCUT2D eigenvalue weighted by atomic mass is 10.1. The van der Waals surface area contributed by atoms with Gasteiger partial charge >= 0.3 is 0 Å². The molecule has 9 nitrogen and oxygen atoms in total. The van der Waals surface area contributed by atoms with Gasteiger partial charge in [-0.25, -0.2) is 9.98 Å². The smallest absolute Gasteiger partial charge is 0.280 e. The molecule has 1 unspecified atom stereocenters. The summed E-state index contributed by atoms with van der Waals surface area (Å²) in [7, 11) is 0.970. The first kappa shape index (κ1) is 29.4. The Bertz CT molecular complexity index is 1530. The van der Waals surface area contributed by atoms with Crippen LogP contribution in [0.5, 0.6) is 0 Å². The topological polar surface area (TPSA) is 97.6 Å². The van der Waals surface area contributed by atoms with Gasteiger partial charge in [0.15, 0.2) is 11.2 Å². The molecule has 0 amide bonds. The van der Waals surface area contributed by atoms with E-state index < -0.39 is 14.5 Å². The van der Waals surface area contributed by atoms with Crippen molar-refractivity contribution in [3.8, 4) is 0 Å². The van der Waals surface area contributed by atoms with E-state index in [0.717, 1.165) is 0 Å². The van der Waals surface area contributed by atoms with Crippen LogP contribution in [0.1, 0.15) is 33.9 Å². The number of benzene rings is 2. The van der Waals surface area contributed by atoms with Gasteiger partial charge in [0.1, 0.15) is 6.23 Å². The van der Waals surface area contributed by atoms with Crippen molar-refractivity contribution >= 4 is 58.1 Å². The third-order valence-corrected chi connectivity index (χ3v) is 14.0. The van der Waals surface area contributed by atoms with Crippen LogP contribution < -0.4 is 15.9 Å². The lowest BCUT2D eigenvalue weighted by molar-refractivity contribution is -0.0260. The van der Waals surface area contributed by atoms with Gasteiger partial charge in [0.2, 0.25) is 5.95 Å². The van der Waals surface area contributed by atoms with Gasteiger partial charge < -0.3 is 14.1 Å². The summed E-state index contributed by atoms with van der Waals surface area (Å²) in [5.41, 5.74) is 0.347. The van der Waals surface area contributed by atoms with E-state index in [4.69, 9.17) is 9.16 Å². The van der Waals surface area contributed by atoms with Crippen molar-refractivity contribution < 1.29 is 9.16 Å². The van der Waals surface area contributed by atoms with Crippen molar-refractivity contribution in [1.82, 2.24) is 24.4 Å². The van der Waals surface area contributed by atoms with Crippen molar-refractivity contribution in [2.75, 3.05) is 20.7 Å². The van der Waals surface area contributed by atoms with Crippen LogP contribution in [0, 0.1) is 5.92 Å². The molecule has 1 aliphatic heterocycles. The van der Waals surface area contributed by atoms with Crippen LogP contribution in [0.15, 0.2) is 76.8 Å². The monoisotopic (exact) mass is 636 g/mol. The fourth-order valence-corrected chi connectivity index (χ4v) is 10.7. The molecule has 2 aromatic carbocycles. The highest BCUT2D eigenvalue weighted by Crippen LogP contribution is 2.42. The van der Waals surface area contributed by atoms with E-state index in [9.17, 15) is 4.79 Å². The number of ether oxygens (including phenoxy) is 1. The van der Waals surface area contributed by atoms with Gasteiger partial charge in [-0.05, 0) is 15.4 Å². The summed E-state index contributed by atoms with van der Waals surface area (Å²) in [6.45, 7) is 9.33. The van der Waals surface area contributed by atoms with E-state index in [1.165, 1.54) is 10.4 Å². The van der Waals surface area contributed by atoms with E-state index in [-0.39, 0.29) is 38.9 Å². The molecule has 1 N–H and O–H groups in total. The molecule has 0 aliphatic carbocycles. The molecular formula is C30H37BrN6O3Si. The molecule has 11 heteroatoms. The highest BCUT2D eigenvalue weighted by molar-refractivity contribution is 9.09. The number of fused-ring (bicyclic) bond motifs is 1. The third kappa shape index (κ3) is 5.55. The van der Waals surface area contributed by atoms with Crippen molar-refractivity contribution in [2.45, 2.75) is 49.9 Å². The highest BCUT2D eigenvalue weighted by atomic mass is 79.9. The summed E-state index contributed by atoms with van der Waals surface area (Å²) in [6, 6.07) is 21.2. The molecule has 216 valence electrons. The first-order valence-electron chi connectivity index (χ1n) is 13.7. The minimum absolute atomic E-state index is 0.0105. The molecule has 1 saturated heterocycles. The minimum atomic E-state index is -2.73. The molecule has 0 radical (unpaired) electrons. The van der Waals surface area contributed by atoms with Crippen LogP contribution in [-0.2, 0) is 9.16 Å². The normalized spacial score (nSPS) is 21.6. The maximum atomic E-state index is 12.7. The quantitative estimate of drug-likeness (QED) is 0.135. The van der Waals surface area contributed by atoms with Gasteiger partial charge in [-0.3, -0.25) is 14.3 Å². The van der Waals surface area contributed by atoms with E-state index >= 15 is 0 Å². The van der Waals surface area contributed by atoms with Crippen LogP contribution in [0.2, 0.25) is 5.04 Å². The number of aliphatic imine (C=N–C) groups is 1. The number of hydrogen-bond donors (Lipinski definition) is 1. The average molecular weight is 638 g/mol. The Morgan fingerprint density at radius 2 is 1.73 bits per heavy atom. The van der Waals surface area contributed by atoms with Crippen LogP contribution in [0.3, 0.4) is 0 Å². The van der Waals surface area contributed by atoms with Crippen molar-refractivity contribution in [3.63, 3.8) is 0 Å². The fraction of sp³-hybridized carbons (Fsp3) is 0.400. The molecule has 3 heterocycles. The number of halogens is 1. The largest absolute Gasteiger partial charge is 0.405 e. The van der Waals surface area contributed by atoms with Gasteiger partial charge in [-0.15, -0.1) is 0 Å². The number of nitrogens with zero attached hydrogens (tertiary/aromatic N) is 5. The Morgan fingerprint density at radius 1 is 1.12 bits per heavy atom. The summed E-state index contributed by atoms with van der Waals surface area (Å²) >= 11 is 3.92. The molecule has 0 saturated carbocycles. The third-order valence-electron chi connectivity index (χ3n) is 7.61. The van der Waals surface area contributed by atoms with E-state index in [1.807, 2.05) is 30.8 Å². The zero-order chi connectivity index (χ0) is 29.4. The molecule has 2 aromatic heterocycles. The minimum Gasteiger partial charge on any atom is -0.405 e. The van der Waals surface area contributed by atoms with Gasteiger partial charge in [0.25, 0.3) is 13.9 Å². The number of aromatic nitrogens is 4. The summed E-state index contributed by atoms with van der Waals surface area (Å²) < 4.78 is 15.7. The van der Waals surface area contributed by atoms with Gasteiger partial charge in [-0.1, -0.05) is 104 Å². The lowest BCUT2D eigenvalue weighted by Gasteiger charge is -2.43. The molecule has 4 aromatic rings. The number of rotatable bonds is 8. The van der Waals surface area contributed by atoms with Gasteiger partial charge in [-0.2, -0.15) is 4.98 Å². The lowest BCUT2D eigenvalue weighted by Crippen LogP contribution is -2.67. The number of aromatic amines is 1. The van der Waals surface area contributed by atoms with Crippen LogP contribution >= 0.6 is 15.9 Å². The summed E-state index contributed by atoms with van der Waals surface area (Å²) in [5, 5.41) is 2.31. The Morgan fingerprint density at radius 3 is 2.29 bits per heavy atom. The van der Waals surface area contributed by atoms with Crippen LogP contribution in [-0.4, -0.2) is 70.7 Å². The Labute approximate surface area is 249 Å². The zero-order valence-corrected chi connectivity index (χ0v) is 26.9. The van der Waals surface area contributed by atoms with E-state index in [0.29, 0.717) is 12.3 Å². The zero-order valence-electron chi connectivity index (χ0n) is 24.3. The number of nitrogens with one attached hydrogen (secondary N) is 1. The van der Waals surface area contributed by atoms with Crippen molar-refractivity contribution in [3.05, 3.63) is 77.3 Å². The van der Waals surface area contributed by atoms with Crippen molar-refractivity contribution in [1.29, 1.82) is 0 Å². The van der Waals surface area contributed by atoms with Crippen molar-refractivity contribution in [2.24, 2.45) is 10.9 Å². The average Bonchev–Trinajstić information content (AvgIpc) is 3.49. The van der Waals surface area contributed by atoms with Crippen LogP contribution in [0.4, 0.5) is 5.95 Å². The fourth-order valence-electron chi connectivity index (χ4n) is 5.62. The number of hydrogen-bond acceptors (Lipinski definition) is 6. The Hall–Kier alpha value is -3.12. The Balaban J connectivity index is 1.47. The second-order valence-corrected chi connectivity index (χ2v) is 17.1. The summed E-state index contributed by atoms with van der Waals surface area (Å²) in [5.74, 6) is 0.264. The van der Waals surface area contributed by atoms with Gasteiger partial charge in [0, 0.05) is 24.8 Å². The first-order valence-corrected chi connectivity index (χ1v) is 16.6. The summed E-state index contributed by atoms with van der Waals surface area (Å²) in [6.07, 6.45) is 2.59. The summed E-state index contributed by atoms with van der Waals surface area (Å²) in [4.78, 5) is 30.4. The number of imidazole rings is 1. The maximum absolute atomic E-state index is 12.7. The molecule has 1 fully saturated rings. The number of H-pyrrole nitrogens is 1. The SMILES string of the molecule is CC1[C@@H](Br)[C@@H](CO[Si](c2ccccc2)(c2ccccc2)C(C)(C)C)O[C@H]1n1cnc2c(=O)[nH]c(/N=C\N(C)C)nc21. The molecule has 41 heavy (non-hydrogen) atoms. The maximum Gasteiger partial charge on any atom is 0.280 e. The second-order valence-electron chi connectivity index (χ2n) is 11.8. The molecule has 1 aliphatic rings. The molecule has 5 rings (SSSR count). The molecular weight excluding hydrogens is 600 g/mol. The molecule has 4 atom stereocenters. The second kappa shape index (κ2) is 11.6. The molecule has 0 bridgehead atoms. The molecule has 0 spiro atoms. The predicted molar refractivity (Wildman–Crippen MR) is 169 cm³/mol. The highest BCUT2D eigenvalue weighted by Gasteiger charge is 2.52.